The first-order valence-electron chi connectivity index (χ1n) is 7.52. The maximum atomic E-state index is 12.5. The third kappa shape index (κ3) is 2.68. The minimum atomic E-state index is -1.02. The SMILES string of the molecule is CC1=NN(c2cccc(-c3c(C)noc3C)c2)C(=O)C1CC(=O)O. The highest BCUT2D eigenvalue weighted by atomic mass is 16.5. The Labute approximate surface area is 138 Å². The van der Waals surface area contributed by atoms with Gasteiger partial charge in [0.05, 0.1) is 23.7 Å². The Morgan fingerprint density at radius 3 is 2.71 bits per heavy atom. The number of hydrazone groups is 1. The zero-order chi connectivity index (χ0) is 17.4. The van der Waals surface area contributed by atoms with Crippen LogP contribution < -0.4 is 5.01 Å². The minimum Gasteiger partial charge on any atom is -0.481 e. The Morgan fingerprint density at radius 2 is 2.08 bits per heavy atom. The lowest BCUT2D eigenvalue weighted by molar-refractivity contribution is -0.139. The second-order valence-corrected chi connectivity index (χ2v) is 5.79. The Morgan fingerprint density at radius 1 is 1.33 bits per heavy atom. The molecule has 0 saturated heterocycles. The first kappa shape index (κ1) is 15.9. The van der Waals surface area contributed by atoms with Crippen molar-refractivity contribution < 1.29 is 19.2 Å². The van der Waals surface area contributed by atoms with E-state index < -0.39 is 11.9 Å². The number of aromatic nitrogens is 1. The predicted octanol–water partition coefficient (Wildman–Crippen LogP) is 2.77. The Kier molecular flexibility index (Phi) is 3.92. The van der Waals surface area contributed by atoms with Crippen LogP contribution >= 0.6 is 0 Å². The van der Waals surface area contributed by atoms with E-state index in [-0.39, 0.29) is 12.3 Å². The monoisotopic (exact) mass is 327 g/mol. The first-order chi connectivity index (χ1) is 11.4. The van der Waals surface area contributed by atoms with Gasteiger partial charge < -0.3 is 9.63 Å². The molecule has 7 heteroatoms. The van der Waals surface area contributed by atoms with Crippen LogP contribution in [0.2, 0.25) is 0 Å². The van der Waals surface area contributed by atoms with Gasteiger partial charge in [-0.25, -0.2) is 5.01 Å². The van der Waals surface area contributed by atoms with Gasteiger partial charge in [0, 0.05) is 11.3 Å². The first-order valence-corrected chi connectivity index (χ1v) is 7.52. The summed E-state index contributed by atoms with van der Waals surface area (Å²) in [6.45, 7) is 5.35. The zero-order valence-electron chi connectivity index (χ0n) is 13.6. The maximum Gasteiger partial charge on any atom is 0.304 e. The summed E-state index contributed by atoms with van der Waals surface area (Å²) >= 11 is 0. The number of aliphatic carboxylic acids is 1. The van der Waals surface area contributed by atoms with E-state index in [9.17, 15) is 9.59 Å². The van der Waals surface area contributed by atoms with Crippen LogP contribution in [0.5, 0.6) is 0 Å². The van der Waals surface area contributed by atoms with Gasteiger partial charge in [0.15, 0.2) is 0 Å². The summed E-state index contributed by atoms with van der Waals surface area (Å²) < 4.78 is 5.19. The molecular weight excluding hydrogens is 310 g/mol. The highest BCUT2D eigenvalue weighted by molar-refractivity contribution is 6.16. The molecule has 1 N–H and O–H groups in total. The van der Waals surface area contributed by atoms with E-state index in [2.05, 4.69) is 10.3 Å². The largest absolute Gasteiger partial charge is 0.481 e. The smallest absolute Gasteiger partial charge is 0.304 e. The molecule has 2 heterocycles. The van der Waals surface area contributed by atoms with E-state index in [4.69, 9.17) is 9.63 Å². The maximum absolute atomic E-state index is 12.5. The van der Waals surface area contributed by atoms with Crippen LogP contribution in [0, 0.1) is 19.8 Å². The van der Waals surface area contributed by atoms with Crippen molar-refractivity contribution in [1.29, 1.82) is 0 Å². The number of carboxylic acids is 1. The number of anilines is 1. The lowest BCUT2D eigenvalue weighted by atomic mass is 10.00. The Bertz CT molecular complexity index is 834. The van der Waals surface area contributed by atoms with Crippen molar-refractivity contribution in [2.24, 2.45) is 11.0 Å². The van der Waals surface area contributed by atoms with Gasteiger partial charge in [0.1, 0.15) is 5.76 Å². The standard InChI is InChI=1S/C17H17N3O4/c1-9-14(8-15(21)22)17(23)20(18-9)13-6-4-5-12(7-13)16-10(2)19-24-11(16)3/h4-7,14H,8H2,1-3H3,(H,21,22). The molecule has 1 amide bonds. The van der Waals surface area contributed by atoms with E-state index in [1.807, 2.05) is 32.0 Å². The predicted molar refractivity (Wildman–Crippen MR) is 87.8 cm³/mol. The summed E-state index contributed by atoms with van der Waals surface area (Å²) in [5, 5.41) is 18.4. The molecule has 1 atom stereocenters. The van der Waals surface area contributed by atoms with E-state index in [0.717, 1.165) is 16.8 Å². The Hall–Kier alpha value is -2.96. The van der Waals surface area contributed by atoms with Crippen molar-refractivity contribution in [2.45, 2.75) is 27.2 Å². The van der Waals surface area contributed by atoms with E-state index in [1.54, 1.807) is 13.0 Å². The molecule has 2 aromatic rings. The van der Waals surface area contributed by atoms with E-state index in [0.29, 0.717) is 17.2 Å². The molecule has 1 aliphatic heterocycles. The normalized spacial score (nSPS) is 17.3. The van der Waals surface area contributed by atoms with Gasteiger partial charge in [-0.1, -0.05) is 17.3 Å². The molecule has 0 spiro atoms. The van der Waals surface area contributed by atoms with Crippen molar-refractivity contribution in [1.82, 2.24) is 5.16 Å². The van der Waals surface area contributed by atoms with Gasteiger partial charge in [-0.3, -0.25) is 9.59 Å². The number of benzene rings is 1. The molecule has 24 heavy (non-hydrogen) atoms. The van der Waals surface area contributed by atoms with Crippen LogP contribution in [-0.2, 0) is 9.59 Å². The summed E-state index contributed by atoms with van der Waals surface area (Å²) in [7, 11) is 0. The second kappa shape index (κ2) is 5.92. The van der Waals surface area contributed by atoms with Crippen LogP contribution in [0.15, 0.2) is 33.9 Å². The lowest BCUT2D eigenvalue weighted by Crippen LogP contribution is -2.28. The van der Waals surface area contributed by atoms with Crippen LogP contribution in [0.25, 0.3) is 11.1 Å². The number of hydrogen-bond donors (Lipinski definition) is 1. The number of carbonyl (C=O) groups is 2. The summed E-state index contributed by atoms with van der Waals surface area (Å²) in [5.74, 6) is -1.37. The van der Waals surface area contributed by atoms with Gasteiger partial charge in [-0.15, -0.1) is 0 Å². The number of carbonyl (C=O) groups excluding carboxylic acids is 1. The van der Waals surface area contributed by atoms with E-state index >= 15 is 0 Å². The molecule has 124 valence electrons. The average Bonchev–Trinajstić information content (AvgIpc) is 3.01. The molecule has 3 rings (SSSR count). The van der Waals surface area contributed by atoms with Crippen molar-refractivity contribution in [3.8, 4) is 11.1 Å². The fourth-order valence-corrected chi connectivity index (χ4v) is 2.89. The molecule has 7 nitrogen and oxygen atoms in total. The molecule has 1 aromatic carbocycles. The fraction of sp³-hybridized carbons (Fsp3) is 0.294. The summed E-state index contributed by atoms with van der Waals surface area (Å²) in [4.78, 5) is 23.4. The molecule has 0 fully saturated rings. The van der Waals surface area contributed by atoms with Gasteiger partial charge in [-0.05, 0) is 38.5 Å². The summed E-state index contributed by atoms with van der Waals surface area (Å²) in [6.07, 6.45) is -0.256. The third-order valence-electron chi connectivity index (χ3n) is 4.06. The summed E-state index contributed by atoms with van der Waals surface area (Å²) in [6, 6.07) is 7.31. The van der Waals surface area contributed by atoms with Crippen LogP contribution in [-0.4, -0.2) is 27.9 Å². The number of aryl methyl sites for hydroxylation is 2. The van der Waals surface area contributed by atoms with E-state index in [1.165, 1.54) is 5.01 Å². The van der Waals surface area contributed by atoms with Crippen LogP contribution in [0.3, 0.4) is 0 Å². The van der Waals surface area contributed by atoms with Gasteiger partial charge in [0.25, 0.3) is 5.91 Å². The summed E-state index contributed by atoms with van der Waals surface area (Å²) in [5.41, 5.74) is 3.60. The lowest BCUT2D eigenvalue weighted by Gasteiger charge is -2.14. The van der Waals surface area contributed by atoms with Crippen molar-refractivity contribution in [3.63, 3.8) is 0 Å². The Balaban J connectivity index is 1.96. The molecule has 0 aliphatic carbocycles. The topological polar surface area (TPSA) is 96.0 Å². The highest BCUT2D eigenvalue weighted by Gasteiger charge is 2.36. The fourth-order valence-electron chi connectivity index (χ4n) is 2.89. The highest BCUT2D eigenvalue weighted by Crippen LogP contribution is 2.32. The van der Waals surface area contributed by atoms with Crippen molar-refractivity contribution >= 4 is 23.3 Å². The van der Waals surface area contributed by atoms with Crippen LogP contribution in [0.4, 0.5) is 5.69 Å². The van der Waals surface area contributed by atoms with Crippen LogP contribution in [0.1, 0.15) is 24.8 Å². The van der Waals surface area contributed by atoms with Gasteiger partial charge in [-0.2, -0.15) is 5.10 Å². The second-order valence-electron chi connectivity index (χ2n) is 5.79. The molecule has 0 radical (unpaired) electrons. The van der Waals surface area contributed by atoms with Gasteiger partial charge in [0.2, 0.25) is 0 Å². The molecule has 0 saturated carbocycles. The number of hydrogen-bond acceptors (Lipinski definition) is 5. The number of rotatable bonds is 4. The van der Waals surface area contributed by atoms with Crippen molar-refractivity contribution in [2.75, 3.05) is 5.01 Å². The zero-order valence-corrected chi connectivity index (χ0v) is 13.6. The van der Waals surface area contributed by atoms with Gasteiger partial charge >= 0.3 is 5.97 Å². The molecular formula is C17H17N3O4. The minimum absolute atomic E-state index is 0.256. The molecule has 1 unspecified atom stereocenters. The molecule has 1 aliphatic rings. The number of amides is 1. The quantitative estimate of drug-likeness (QED) is 0.931. The third-order valence-corrected chi connectivity index (χ3v) is 4.06. The average molecular weight is 327 g/mol. The molecule has 0 bridgehead atoms. The number of nitrogens with zero attached hydrogens (tertiary/aromatic N) is 3. The number of carboxylic acid groups (broad SMARTS) is 1. The molecule has 1 aromatic heterocycles. The van der Waals surface area contributed by atoms with Crippen molar-refractivity contribution in [3.05, 3.63) is 35.7 Å².